The number of nitrogens with zero attached hydrogens (tertiary/aromatic N) is 3. The zero-order chi connectivity index (χ0) is 16.4. The molecular weight excluding hydrogens is 298 g/mol. The van der Waals surface area contributed by atoms with E-state index in [0.717, 1.165) is 25.5 Å². The number of hydrogen-bond donors (Lipinski definition) is 2. The van der Waals surface area contributed by atoms with Crippen molar-refractivity contribution >= 4 is 5.82 Å². The van der Waals surface area contributed by atoms with Gasteiger partial charge in [-0.3, -0.25) is 15.8 Å². The molecule has 1 aromatic carbocycles. The Bertz CT molecular complexity index is 666. The van der Waals surface area contributed by atoms with Crippen LogP contribution in [0.25, 0.3) is 0 Å². The molecule has 2 unspecified atom stereocenters. The lowest BCUT2D eigenvalue weighted by atomic mass is 9.79. The molecule has 4 rings (SSSR count). The predicted octanol–water partition coefficient (Wildman–Crippen LogP) is 2.26. The minimum absolute atomic E-state index is 0.509. The van der Waals surface area contributed by atoms with Crippen LogP contribution < -0.4 is 15.8 Å². The first-order valence-corrected chi connectivity index (χ1v) is 8.88. The average molecular weight is 323 g/mol. The number of nitrogens with one attached hydrogen (secondary N) is 2. The van der Waals surface area contributed by atoms with Gasteiger partial charge in [0.25, 0.3) is 0 Å². The number of rotatable bonds is 3. The van der Waals surface area contributed by atoms with E-state index in [-0.39, 0.29) is 0 Å². The molecule has 0 radical (unpaired) electrons. The Morgan fingerprint density at radius 3 is 2.71 bits per heavy atom. The zero-order valence-electron chi connectivity index (χ0n) is 14.2. The largest absolute Gasteiger partial charge is 0.355 e. The lowest BCUT2D eigenvalue weighted by molar-refractivity contribution is 0.295. The molecule has 0 aliphatic carbocycles. The van der Waals surface area contributed by atoms with Crippen molar-refractivity contribution in [2.24, 2.45) is 5.92 Å². The lowest BCUT2D eigenvalue weighted by Gasteiger charge is -2.37. The number of aryl methyl sites for hydroxylation is 1. The van der Waals surface area contributed by atoms with Gasteiger partial charge in [0.1, 0.15) is 5.82 Å². The fourth-order valence-electron chi connectivity index (χ4n) is 4.21. The van der Waals surface area contributed by atoms with E-state index in [4.69, 9.17) is 0 Å². The van der Waals surface area contributed by atoms with Gasteiger partial charge in [0.15, 0.2) is 0 Å². The molecule has 0 saturated carbocycles. The first kappa shape index (κ1) is 15.5. The van der Waals surface area contributed by atoms with Gasteiger partial charge < -0.3 is 4.90 Å². The van der Waals surface area contributed by atoms with Gasteiger partial charge in [0.05, 0.1) is 6.20 Å². The van der Waals surface area contributed by atoms with Crippen molar-refractivity contribution in [2.45, 2.75) is 31.7 Å². The number of piperidine rings is 1. The molecule has 2 saturated heterocycles. The van der Waals surface area contributed by atoms with Crippen molar-refractivity contribution in [1.82, 2.24) is 20.8 Å². The average Bonchev–Trinajstić information content (AvgIpc) is 3.12. The minimum Gasteiger partial charge on any atom is -0.355 e. The van der Waals surface area contributed by atoms with E-state index in [0.29, 0.717) is 17.9 Å². The second-order valence-electron chi connectivity index (χ2n) is 6.90. The highest BCUT2D eigenvalue weighted by atomic mass is 15.4. The smallest absolute Gasteiger partial charge is 0.147 e. The van der Waals surface area contributed by atoms with Gasteiger partial charge in [-0.1, -0.05) is 24.3 Å². The van der Waals surface area contributed by atoms with E-state index in [1.807, 2.05) is 6.20 Å². The Morgan fingerprint density at radius 2 is 1.96 bits per heavy atom. The quantitative estimate of drug-likeness (QED) is 0.907. The number of benzene rings is 1. The maximum Gasteiger partial charge on any atom is 0.147 e. The summed E-state index contributed by atoms with van der Waals surface area (Å²) in [4.78, 5) is 11.0. The third-order valence-electron chi connectivity index (χ3n) is 5.53. The van der Waals surface area contributed by atoms with Crippen LogP contribution in [-0.4, -0.2) is 35.6 Å². The van der Waals surface area contributed by atoms with E-state index in [1.54, 1.807) is 12.4 Å². The molecule has 2 aromatic rings. The monoisotopic (exact) mass is 323 g/mol. The topological polar surface area (TPSA) is 53.1 Å². The first-order chi connectivity index (χ1) is 11.8. The second kappa shape index (κ2) is 6.87. The summed E-state index contributed by atoms with van der Waals surface area (Å²) in [5.41, 5.74) is 9.84. The predicted molar refractivity (Wildman–Crippen MR) is 95.8 cm³/mol. The SMILES string of the molecule is Cc1ccccc1C1CNNC1C1CCN(c2cnccn2)CC1. The van der Waals surface area contributed by atoms with Crippen molar-refractivity contribution in [3.8, 4) is 0 Å². The fourth-order valence-corrected chi connectivity index (χ4v) is 4.21. The van der Waals surface area contributed by atoms with Crippen LogP contribution in [0.2, 0.25) is 0 Å². The lowest BCUT2D eigenvalue weighted by Crippen LogP contribution is -2.44. The molecule has 126 valence electrons. The number of aromatic nitrogens is 2. The third kappa shape index (κ3) is 3.01. The highest BCUT2D eigenvalue weighted by molar-refractivity contribution is 5.36. The minimum atomic E-state index is 0.509. The Hall–Kier alpha value is -1.98. The van der Waals surface area contributed by atoms with E-state index in [1.165, 1.54) is 24.0 Å². The molecule has 2 aliphatic heterocycles. The van der Waals surface area contributed by atoms with Crippen molar-refractivity contribution in [1.29, 1.82) is 0 Å². The van der Waals surface area contributed by atoms with Crippen LogP contribution in [0.15, 0.2) is 42.9 Å². The normalized spacial score (nSPS) is 25.1. The Labute approximate surface area is 143 Å². The fraction of sp³-hybridized carbons (Fsp3) is 0.474. The van der Waals surface area contributed by atoms with Crippen molar-refractivity contribution in [2.75, 3.05) is 24.5 Å². The van der Waals surface area contributed by atoms with Crippen LogP contribution >= 0.6 is 0 Å². The second-order valence-corrected chi connectivity index (χ2v) is 6.90. The van der Waals surface area contributed by atoms with Gasteiger partial charge in [-0.15, -0.1) is 0 Å². The summed E-state index contributed by atoms with van der Waals surface area (Å²) in [7, 11) is 0. The zero-order valence-corrected chi connectivity index (χ0v) is 14.2. The first-order valence-electron chi connectivity index (χ1n) is 8.88. The Morgan fingerprint density at radius 1 is 1.12 bits per heavy atom. The summed E-state index contributed by atoms with van der Waals surface area (Å²) in [6, 6.07) is 9.31. The van der Waals surface area contributed by atoms with Crippen molar-refractivity contribution in [3.05, 3.63) is 54.0 Å². The van der Waals surface area contributed by atoms with Gasteiger partial charge >= 0.3 is 0 Å². The van der Waals surface area contributed by atoms with Crippen LogP contribution in [0.1, 0.15) is 29.9 Å². The molecule has 5 heteroatoms. The van der Waals surface area contributed by atoms with Gasteiger partial charge in [0.2, 0.25) is 0 Å². The van der Waals surface area contributed by atoms with Gasteiger partial charge in [-0.25, -0.2) is 4.98 Å². The highest BCUT2D eigenvalue weighted by Gasteiger charge is 2.36. The van der Waals surface area contributed by atoms with Crippen molar-refractivity contribution < 1.29 is 0 Å². The molecule has 2 fully saturated rings. The van der Waals surface area contributed by atoms with Crippen LogP contribution in [-0.2, 0) is 0 Å². The van der Waals surface area contributed by atoms with Gasteiger partial charge in [-0.05, 0) is 36.8 Å². The van der Waals surface area contributed by atoms with E-state index >= 15 is 0 Å². The summed E-state index contributed by atoms with van der Waals surface area (Å²) < 4.78 is 0. The van der Waals surface area contributed by atoms with E-state index in [2.05, 4.69) is 56.9 Å². The summed E-state index contributed by atoms with van der Waals surface area (Å²) in [6.45, 7) is 5.35. The molecule has 0 amide bonds. The van der Waals surface area contributed by atoms with Crippen LogP contribution in [0, 0.1) is 12.8 Å². The molecule has 0 bridgehead atoms. The van der Waals surface area contributed by atoms with Crippen LogP contribution in [0.3, 0.4) is 0 Å². The number of hydrazine groups is 1. The molecule has 2 N–H and O–H groups in total. The standard InChI is InChI=1S/C19H25N5/c1-14-4-2-3-5-16(14)17-12-22-23-19(17)15-6-10-24(11-7-15)18-13-20-8-9-21-18/h2-5,8-9,13,15,17,19,22-23H,6-7,10-12H2,1H3. The maximum atomic E-state index is 4.43. The van der Waals surface area contributed by atoms with Crippen molar-refractivity contribution in [3.63, 3.8) is 0 Å². The molecule has 1 aromatic heterocycles. The molecule has 2 atom stereocenters. The van der Waals surface area contributed by atoms with E-state index in [9.17, 15) is 0 Å². The molecular formula is C19H25N5. The van der Waals surface area contributed by atoms with Crippen LogP contribution in [0.4, 0.5) is 5.82 Å². The molecule has 5 nitrogen and oxygen atoms in total. The summed E-state index contributed by atoms with van der Waals surface area (Å²) in [6.07, 6.45) is 7.76. The summed E-state index contributed by atoms with van der Waals surface area (Å²) in [5.74, 6) is 2.25. The maximum absolute atomic E-state index is 4.43. The summed E-state index contributed by atoms with van der Waals surface area (Å²) >= 11 is 0. The number of hydrogen-bond acceptors (Lipinski definition) is 5. The number of anilines is 1. The Kier molecular flexibility index (Phi) is 4.45. The third-order valence-corrected chi connectivity index (χ3v) is 5.53. The summed E-state index contributed by atoms with van der Waals surface area (Å²) in [5, 5.41) is 0. The molecule has 2 aliphatic rings. The van der Waals surface area contributed by atoms with E-state index < -0.39 is 0 Å². The van der Waals surface area contributed by atoms with Gasteiger partial charge in [0, 0.05) is 44.0 Å². The van der Waals surface area contributed by atoms with Gasteiger partial charge in [-0.2, -0.15) is 0 Å². The Balaban J connectivity index is 1.44. The highest BCUT2D eigenvalue weighted by Crippen LogP contribution is 2.34. The molecule has 3 heterocycles. The van der Waals surface area contributed by atoms with Crippen LogP contribution in [0.5, 0.6) is 0 Å². The molecule has 24 heavy (non-hydrogen) atoms. The molecule has 0 spiro atoms.